The molecule has 0 bridgehead atoms. The van der Waals surface area contributed by atoms with Crippen LogP contribution in [0.4, 0.5) is 0 Å². The van der Waals surface area contributed by atoms with Gasteiger partial charge in [0.05, 0.1) is 6.54 Å². The Kier molecular flexibility index (Phi) is 3.79. The van der Waals surface area contributed by atoms with E-state index >= 15 is 0 Å². The molecule has 7 nitrogen and oxygen atoms in total. The number of nitrogens with zero attached hydrogens (tertiary/aromatic N) is 4. The van der Waals surface area contributed by atoms with Gasteiger partial charge >= 0.3 is 5.97 Å². The minimum atomic E-state index is -1.16. The molecule has 0 unspecified atom stereocenters. The van der Waals surface area contributed by atoms with E-state index in [2.05, 4.69) is 9.97 Å². The van der Waals surface area contributed by atoms with Crippen LogP contribution in [0.1, 0.15) is 26.7 Å². The Morgan fingerprint density at radius 3 is 2.70 bits per heavy atom. The van der Waals surface area contributed by atoms with Crippen LogP contribution in [0.2, 0.25) is 0 Å². The lowest BCUT2D eigenvalue weighted by Crippen LogP contribution is -2.27. The maximum Gasteiger partial charge on any atom is 0.354 e. The van der Waals surface area contributed by atoms with Gasteiger partial charge in [-0.3, -0.25) is 4.79 Å². The number of hydrogen-bond donors (Lipinski definition) is 1. The first-order valence-electron chi connectivity index (χ1n) is 5.90. The standard InChI is InChI=1S/C13H14N4O3/c1-16-6-5-15-11(16)8-17(2)12(18)9-3-4-14-10(7-9)13(19)20/h3-7H,8H2,1-2H3,(H,19,20). The first-order chi connectivity index (χ1) is 9.49. The minimum Gasteiger partial charge on any atom is -0.477 e. The molecule has 2 aromatic rings. The van der Waals surface area contributed by atoms with Crippen LogP contribution in [0.15, 0.2) is 30.7 Å². The molecule has 0 radical (unpaired) electrons. The van der Waals surface area contributed by atoms with Gasteiger partial charge in [0.1, 0.15) is 11.5 Å². The van der Waals surface area contributed by atoms with Gasteiger partial charge in [-0.1, -0.05) is 0 Å². The topological polar surface area (TPSA) is 88.3 Å². The third-order valence-electron chi connectivity index (χ3n) is 2.87. The summed E-state index contributed by atoms with van der Waals surface area (Å²) in [6.07, 6.45) is 4.76. The normalized spacial score (nSPS) is 10.3. The zero-order chi connectivity index (χ0) is 14.7. The molecule has 0 saturated heterocycles. The molecule has 2 aromatic heterocycles. The molecule has 0 aromatic carbocycles. The first-order valence-corrected chi connectivity index (χ1v) is 5.90. The van der Waals surface area contributed by atoms with E-state index in [0.717, 1.165) is 5.82 Å². The van der Waals surface area contributed by atoms with E-state index in [0.29, 0.717) is 6.54 Å². The summed E-state index contributed by atoms with van der Waals surface area (Å²) in [5.41, 5.74) is 0.135. The summed E-state index contributed by atoms with van der Waals surface area (Å²) in [5.74, 6) is -0.697. The average Bonchev–Trinajstić information content (AvgIpc) is 2.83. The molecule has 2 rings (SSSR count). The van der Waals surface area contributed by atoms with Gasteiger partial charge < -0.3 is 14.6 Å². The molecule has 104 valence electrons. The number of carboxylic acids is 1. The fraction of sp³-hybridized carbons (Fsp3) is 0.231. The maximum atomic E-state index is 12.2. The SMILES string of the molecule is CN(Cc1nccn1C)C(=O)c1ccnc(C(=O)O)c1. The Hall–Kier alpha value is -2.70. The van der Waals surface area contributed by atoms with E-state index in [4.69, 9.17) is 5.11 Å². The van der Waals surface area contributed by atoms with E-state index in [1.807, 2.05) is 11.6 Å². The number of amides is 1. The Balaban J connectivity index is 2.16. The number of carbonyl (C=O) groups is 2. The highest BCUT2D eigenvalue weighted by molar-refractivity contribution is 5.96. The smallest absolute Gasteiger partial charge is 0.354 e. The number of aromatic carboxylic acids is 1. The quantitative estimate of drug-likeness (QED) is 0.890. The molecular formula is C13H14N4O3. The summed E-state index contributed by atoms with van der Waals surface area (Å²) in [4.78, 5) is 32.4. The maximum absolute atomic E-state index is 12.2. The van der Waals surface area contributed by atoms with E-state index in [1.165, 1.54) is 23.2 Å². The van der Waals surface area contributed by atoms with Gasteiger partial charge in [0.15, 0.2) is 0 Å². The molecule has 0 aliphatic heterocycles. The largest absolute Gasteiger partial charge is 0.477 e. The van der Waals surface area contributed by atoms with E-state index < -0.39 is 5.97 Å². The third-order valence-corrected chi connectivity index (χ3v) is 2.87. The Morgan fingerprint density at radius 2 is 2.10 bits per heavy atom. The molecule has 7 heteroatoms. The zero-order valence-electron chi connectivity index (χ0n) is 11.1. The number of hydrogen-bond acceptors (Lipinski definition) is 4. The summed E-state index contributed by atoms with van der Waals surface area (Å²) in [7, 11) is 3.48. The molecule has 0 atom stereocenters. The van der Waals surface area contributed by atoms with Gasteiger partial charge in [0.25, 0.3) is 5.91 Å². The average molecular weight is 274 g/mol. The second-order valence-electron chi connectivity index (χ2n) is 4.35. The molecule has 0 saturated carbocycles. The highest BCUT2D eigenvalue weighted by Crippen LogP contribution is 2.08. The number of imidazole rings is 1. The molecule has 20 heavy (non-hydrogen) atoms. The zero-order valence-corrected chi connectivity index (χ0v) is 11.1. The number of aromatic nitrogens is 3. The van der Waals surface area contributed by atoms with Crippen LogP contribution in [-0.4, -0.2) is 43.5 Å². The predicted octanol–water partition coefficient (Wildman–Crippen LogP) is 0.785. The van der Waals surface area contributed by atoms with Crippen molar-refractivity contribution < 1.29 is 14.7 Å². The minimum absolute atomic E-state index is 0.152. The van der Waals surface area contributed by atoms with Crippen LogP contribution in [0.5, 0.6) is 0 Å². The van der Waals surface area contributed by atoms with E-state index in [9.17, 15) is 9.59 Å². The van der Waals surface area contributed by atoms with Crippen molar-refractivity contribution in [1.82, 2.24) is 19.4 Å². The van der Waals surface area contributed by atoms with E-state index in [-0.39, 0.29) is 17.2 Å². The van der Waals surface area contributed by atoms with Gasteiger partial charge in [-0.2, -0.15) is 0 Å². The first kappa shape index (κ1) is 13.7. The fourth-order valence-electron chi connectivity index (χ4n) is 1.73. The van der Waals surface area contributed by atoms with Crippen LogP contribution in [0.25, 0.3) is 0 Å². The summed E-state index contributed by atoms with van der Waals surface area (Å²) < 4.78 is 1.82. The Morgan fingerprint density at radius 1 is 1.35 bits per heavy atom. The summed E-state index contributed by atoms with van der Waals surface area (Å²) in [5, 5.41) is 8.87. The molecule has 2 heterocycles. The molecule has 1 amide bonds. The van der Waals surface area contributed by atoms with Crippen molar-refractivity contribution in [1.29, 1.82) is 0 Å². The lowest BCUT2D eigenvalue weighted by molar-refractivity contribution is 0.0690. The predicted molar refractivity (Wildman–Crippen MR) is 70.2 cm³/mol. The molecule has 0 fully saturated rings. The van der Waals surface area contributed by atoms with Gasteiger partial charge in [0, 0.05) is 38.2 Å². The summed E-state index contributed by atoms with van der Waals surface area (Å²) >= 11 is 0. The second kappa shape index (κ2) is 5.52. The molecule has 0 aliphatic rings. The summed E-state index contributed by atoms with van der Waals surface area (Å²) in [6.45, 7) is 0.340. The van der Waals surface area contributed by atoms with Gasteiger partial charge in [0.2, 0.25) is 0 Å². The van der Waals surface area contributed by atoms with Crippen molar-refractivity contribution in [2.75, 3.05) is 7.05 Å². The Bertz CT molecular complexity index is 651. The van der Waals surface area contributed by atoms with E-state index in [1.54, 1.807) is 19.4 Å². The van der Waals surface area contributed by atoms with Crippen molar-refractivity contribution in [3.63, 3.8) is 0 Å². The van der Waals surface area contributed by atoms with Crippen molar-refractivity contribution in [2.45, 2.75) is 6.54 Å². The molecule has 0 aliphatic carbocycles. The lowest BCUT2D eigenvalue weighted by Gasteiger charge is -2.17. The van der Waals surface area contributed by atoms with Crippen LogP contribution in [0.3, 0.4) is 0 Å². The monoisotopic (exact) mass is 274 g/mol. The highest BCUT2D eigenvalue weighted by atomic mass is 16.4. The number of carbonyl (C=O) groups excluding carboxylic acids is 1. The number of aryl methyl sites for hydroxylation is 1. The van der Waals surface area contributed by atoms with Crippen molar-refractivity contribution in [3.05, 3.63) is 47.8 Å². The number of rotatable bonds is 4. The van der Waals surface area contributed by atoms with Crippen LogP contribution in [-0.2, 0) is 13.6 Å². The molecular weight excluding hydrogens is 260 g/mol. The lowest BCUT2D eigenvalue weighted by atomic mass is 10.2. The van der Waals surface area contributed by atoms with Crippen molar-refractivity contribution >= 4 is 11.9 Å². The van der Waals surface area contributed by atoms with Crippen molar-refractivity contribution in [3.8, 4) is 0 Å². The van der Waals surface area contributed by atoms with Gasteiger partial charge in [-0.25, -0.2) is 14.8 Å². The highest BCUT2D eigenvalue weighted by Gasteiger charge is 2.16. The third kappa shape index (κ3) is 2.82. The molecule has 1 N–H and O–H groups in total. The van der Waals surface area contributed by atoms with Crippen LogP contribution in [0, 0.1) is 0 Å². The Labute approximate surface area is 115 Å². The molecule has 0 spiro atoms. The second-order valence-corrected chi connectivity index (χ2v) is 4.35. The van der Waals surface area contributed by atoms with Crippen molar-refractivity contribution in [2.24, 2.45) is 7.05 Å². The number of carboxylic acid groups (broad SMARTS) is 1. The fourth-order valence-corrected chi connectivity index (χ4v) is 1.73. The summed E-state index contributed by atoms with van der Waals surface area (Å²) in [6, 6.07) is 2.75. The van der Waals surface area contributed by atoms with Gasteiger partial charge in [-0.05, 0) is 12.1 Å². The number of pyridine rings is 1. The van der Waals surface area contributed by atoms with Gasteiger partial charge in [-0.15, -0.1) is 0 Å². The van der Waals surface area contributed by atoms with Crippen LogP contribution >= 0.6 is 0 Å². The van der Waals surface area contributed by atoms with Crippen LogP contribution < -0.4 is 0 Å².